The molecule has 0 aromatic carbocycles. The van der Waals surface area contributed by atoms with Gasteiger partial charge in [0.05, 0.1) is 24.7 Å². The molecule has 18 heavy (non-hydrogen) atoms. The summed E-state index contributed by atoms with van der Waals surface area (Å²) in [5.41, 5.74) is 5.77. The number of hydrogen-bond donors (Lipinski definition) is 4. The molecule has 1 atom stereocenters. The third-order valence-corrected chi connectivity index (χ3v) is 2.95. The van der Waals surface area contributed by atoms with E-state index in [4.69, 9.17) is 5.73 Å². The van der Waals surface area contributed by atoms with Crippen molar-refractivity contribution in [1.82, 2.24) is 15.3 Å². The van der Waals surface area contributed by atoms with Crippen LogP contribution in [-0.2, 0) is 11.2 Å². The third kappa shape index (κ3) is 4.12. The van der Waals surface area contributed by atoms with E-state index in [1.807, 2.05) is 13.8 Å². The van der Waals surface area contributed by atoms with E-state index in [0.29, 0.717) is 19.4 Å². The second-order valence-corrected chi connectivity index (χ2v) is 5.04. The van der Waals surface area contributed by atoms with Crippen LogP contribution in [0.5, 0.6) is 0 Å². The molecule has 1 aromatic heterocycles. The lowest BCUT2D eigenvalue weighted by Crippen LogP contribution is -2.46. The molecule has 0 aliphatic heterocycles. The molecule has 5 N–H and O–H groups in total. The van der Waals surface area contributed by atoms with Crippen LogP contribution in [0.25, 0.3) is 0 Å². The number of nitrogens with zero attached hydrogens (tertiary/aromatic N) is 1. The van der Waals surface area contributed by atoms with E-state index < -0.39 is 5.41 Å². The maximum Gasteiger partial charge on any atom is 0.226 e. The number of imidazole rings is 1. The molecule has 1 amide bonds. The Hall–Kier alpha value is -1.40. The summed E-state index contributed by atoms with van der Waals surface area (Å²) in [5, 5.41) is 12.1. The van der Waals surface area contributed by atoms with Gasteiger partial charge in [-0.3, -0.25) is 4.79 Å². The molecular weight excluding hydrogens is 232 g/mol. The molecule has 102 valence electrons. The summed E-state index contributed by atoms with van der Waals surface area (Å²) < 4.78 is 0. The Balaban J connectivity index is 2.55. The summed E-state index contributed by atoms with van der Waals surface area (Å²) in [7, 11) is 0. The summed E-state index contributed by atoms with van der Waals surface area (Å²) in [4.78, 5) is 19.0. The summed E-state index contributed by atoms with van der Waals surface area (Å²) in [6.45, 7) is 4.04. The zero-order valence-corrected chi connectivity index (χ0v) is 10.9. The fourth-order valence-electron chi connectivity index (χ4n) is 1.67. The molecular formula is C12H22N4O2. The lowest BCUT2D eigenvalue weighted by atomic mass is 9.88. The van der Waals surface area contributed by atoms with E-state index in [-0.39, 0.29) is 18.6 Å². The van der Waals surface area contributed by atoms with E-state index >= 15 is 0 Å². The maximum absolute atomic E-state index is 12.0. The highest BCUT2D eigenvalue weighted by molar-refractivity contribution is 5.82. The van der Waals surface area contributed by atoms with Gasteiger partial charge in [-0.05, 0) is 13.0 Å². The zero-order chi connectivity index (χ0) is 13.6. The first-order chi connectivity index (χ1) is 8.49. The highest BCUT2D eigenvalue weighted by atomic mass is 16.3. The fraction of sp³-hybridized carbons (Fsp3) is 0.667. The van der Waals surface area contributed by atoms with Crippen molar-refractivity contribution in [2.24, 2.45) is 11.1 Å². The quantitative estimate of drug-likeness (QED) is 0.541. The Kier molecular flexibility index (Phi) is 5.30. The van der Waals surface area contributed by atoms with E-state index in [1.165, 1.54) is 0 Å². The van der Waals surface area contributed by atoms with E-state index in [2.05, 4.69) is 15.3 Å². The molecule has 1 aromatic rings. The van der Waals surface area contributed by atoms with Gasteiger partial charge in [0.2, 0.25) is 5.91 Å². The number of hydrogen-bond acceptors (Lipinski definition) is 4. The van der Waals surface area contributed by atoms with Crippen molar-refractivity contribution in [2.75, 3.05) is 13.2 Å². The number of carbonyl (C=O) groups excluding carboxylic acids is 1. The molecule has 6 heteroatoms. The minimum absolute atomic E-state index is 0.0949. The Bertz CT molecular complexity index is 362. The van der Waals surface area contributed by atoms with Crippen molar-refractivity contribution in [2.45, 2.75) is 32.7 Å². The normalized spacial score (nSPS) is 13.3. The molecule has 0 aliphatic rings. The predicted octanol–water partition coefficient (Wildman–Crippen LogP) is -0.196. The molecule has 0 saturated heterocycles. The van der Waals surface area contributed by atoms with E-state index in [1.54, 1.807) is 12.5 Å². The average molecular weight is 254 g/mol. The van der Waals surface area contributed by atoms with Crippen molar-refractivity contribution >= 4 is 5.91 Å². The van der Waals surface area contributed by atoms with Crippen LogP contribution in [0.15, 0.2) is 12.5 Å². The van der Waals surface area contributed by atoms with Crippen molar-refractivity contribution in [3.05, 3.63) is 18.2 Å². The Labute approximate surface area is 107 Å². The SMILES string of the molecule is CC(C)(CCN)C(=O)NC(CO)Cc1c[nH]cn1. The smallest absolute Gasteiger partial charge is 0.226 e. The largest absolute Gasteiger partial charge is 0.394 e. The number of rotatable bonds is 7. The number of aliphatic hydroxyl groups is 1. The average Bonchev–Trinajstić information content (AvgIpc) is 2.80. The summed E-state index contributed by atoms with van der Waals surface area (Å²) >= 11 is 0. The van der Waals surface area contributed by atoms with E-state index in [9.17, 15) is 9.90 Å². The van der Waals surface area contributed by atoms with Crippen molar-refractivity contribution in [3.8, 4) is 0 Å². The van der Waals surface area contributed by atoms with Crippen LogP contribution in [0.3, 0.4) is 0 Å². The lowest BCUT2D eigenvalue weighted by molar-refractivity contribution is -0.130. The number of nitrogens with two attached hydrogens (primary N) is 1. The number of aliphatic hydroxyl groups excluding tert-OH is 1. The number of carbonyl (C=O) groups is 1. The van der Waals surface area contributed by atoms with Gasteiger partial charge in [-0.1, -0.05) is 13.8 Å². The fourth-order valence-corrected chi connectivity index (χ4v) is 1.67. The molecule has 1 heterocycles. The molecule has 0 aliphatic carbocycles. The van der Waals surface area contributed by atoms with Crippen LogP contribution in [0.2, 0.25) is 0 Å². The summed E-state index contributed by atoms with van der Waals surface area (Å²) in [6.07, 6.45) is 4.44. The molecule has 1 unspecified atom stereocenters. The number of H-pyrrole nitrogens is 1. The topological polar surface area (TPSA) is 104 Å². The van der Waals surface area contributed by atoms with Gasteiger partial charge in [-0.2, -0.15) is 0 Å². The molecule has 0 bridgehead atoms. The van der Waals surface area contributed by atoms with Crippen LogP contribution in [-0.4, -0.2) is 40.2 Å². The predicted molar refractivity (Wildman–Crippen MR) is 68.8 cm³/mol. The molecule has 0 saturated carbocycles. The molecule has 1 rings (SSSR count). The maximum atomic E-state index is 12.0. The number of amides is 1. The highest BCUT2D eigenvalue weighted by Crippen LogP contribution is 2.19. The van der Waals surface area contributed by atoms with Crippen molar-refractivity contribution in [3.63, 3.8) is 0 Å². The van der Waals surface area contributed by atoms with Crippen LogP contribution in [0.1, 0.15) is 26.0 Å². The number of aromatic nitrogens is 2. The number of nitrogens with one attached hydrogen (secondary N) is 2. The Morgan fingerprint density at radius 3 is 2.89 bits per heavy atom. The van der Waals surface area contributed by atoms with Crippen LogP contribution in [0.4, 0.5) is 0 Å². The lowest BCUT2D eigenvalue weighted by Gasteiger charge is -2.26. The second-order valence-electron chi connectivity index (χ2n) is 5.04. The zero-order valence-electron chi connectivity index (χ0n) is 10.9. The third-order valence-electron chi connectivity index (χ3n) is 2.95. The Morgan fingerprint density at radius 2 is 2.39 bits per heavy atom. The van der Waals surface area contributed by atoms with E-state index in [0.717, 1.165) is 5.69 Å². The van der Waals surface area contributed by atoms with Crippen LogP contribution < -0.4 is 11.1 Å². The van der Waals surface area contributed by atoms with Crippen molar-refractivity contribution < 1.29 is 9.90 Å². The summed E-state index contributed by atoms with van der Waals surface area (Å²) in [5.74, 6) is -0.0949. The molecule has 0 spiro atoms. The first-order valence-corrected chi connectivity index (χ1v) is 6.09. The minimum atomic E-state index is -0.520. The van der Waals surface area contributed by atoms with Gasteiger partial charge in [0.15, 0.2) is 0 Å². The van der Waals surface area contributed by atoms with Gasteiger partial charge in [-0.15, -0.1) is 0 Å². The van der Waals surface area contributed by atoms with Gasteiger partial charge in [0.25, 0.3) is 0 Å². The monoisotopic (exact) mass is 254 g/mol. The van der Waals surface area contributed by atoms with Crippen molar-refractivity contribution in [1.29, 1.82) is 0 Å². The minimum Gasteiger partial charge on any atom is -0.394 e. The van der Waals surface area contributed by atoms with Gasteiger partial charge in [0, 0.05) is 18.0 Å². The van der Waals surface area contributed by atoms with Gasteiger partial charge < -0.3 is 21.1 Å². The first-order valence-electron chi connectivity index (χ1n) is 6.09. The van der Waals surface area contributed by atoms with Gasteiger partial charge in [-0.25, -0.2) is 4.98 Å². The second kappa shape index (κ2) is 6.51. The van der Waals surface area contributed by atoms with Gasteiger partial charge in [0.1, 0.15) is 0 Å². The Morgan fingerprint density at radius 1 is 1.67 bits per heavy atom. The molecule has 6 nitrogen and oxygen atoms in total. The molecule has 0 fully saturated rings. The van der Waals surface area contributed by atoms with Crippen LogP contribution in [0, 0.1) is 5.41 Å². The highest BCUT2D eigenvalue weighted by Gasteiger charge is 2.28. The van der Waals surface area contributed by atoms with Crippen LogP contribution >= 0.6 is 0 Å². The standard InChI is InChI=1S/C12H22N4O2/c1-12(2,3-4-13)11(18)16-10(7-17)5-9-6-14-8-15-9/h6,8,10,17H,3-5,7,13H2,1-2H3,(H,14,15)(H,16,18). The molecule has 0 radical (unpaired) electrons. The summed E-state index contributed by atoms with van der Waals surface area (Å²) in [6, 6.07) is -0.321. The first kappa shape index (κ1) is 14.7. The number of aromatic amines is 1. The van der Waals surface area contributed by atoms with Gasteiger partial charge >= 0.3 is 0 Å².